The van der Waals surface area contributed by atoms with Gasteiger partial charge in [-0.2, -0.15) is 0 Å². The summed E-state index contributed by atoms with van der Waals surface area (Å²) < 4.78 is 6.06. The fourth-order valence-corrected chi connectivity index (χ4v) is 6.47. The fraction of sp³-hybridized carbons (Fsp3) is 0. The zero-order chi connectivity index (χ0) is 32.6. The van der Waals surface area contributed by atoms with E-state index in [2.05, 4.69) is 145 Å². The molecule has 49 heavy (non-hydrogen) atoms. The van der Waals surface area contributed by atoms with Crippen LogP contribution in [0.5, 0.6) is 0 Å². The van der Waals surface area contributed by atoms with Crippen LogP contribution in [-0.4, -0.2) is 15.0 Å². The number of furan rings is 1. The van der Waals surface area contributed by atoms with Gasteiger partial charge in [-0.25, -0.2) is 9.97 Å². The van der Waals surface area contributed by atoms with Crippen LogP contribution in [0, 0.1) is 0 Å². The van der Waals surface area contributed by atoms with Crippen LogP contribution < -0.4 is 0 Å². The highest BCUT2D eigenvalue weighted by molar-refractivity contribution is 6.06. The first-order valence-electron chi connectivity index (χ1n) is 16.3. The van der Waals surface area contributed by atoms with Crippen molar-refractivity contribution < 1.29 is 4.42 Å². The molecule has 6 aromatic carbocycles. The van der Waals surface area contributed by atoms with Gasteiger partial charge in [0.15, 0.2) is 5.82 Å². The molecule has 0 N–H and O–H groups in total. The van der Waals surface area contributed by atoms with Crippen molar-refractivity contribution in [2.75, 3.05) is 0 Å². The molecule has 9 rings (SSSR count). The molecular weight excluding hydrogens is 599 g/mol. The zero-order valence-electron chi connectivity index (χ0n) is 26.5. The molecule has 3 heterocycles. The molecule has 0 radical (unpaired) electrons. The Balaban J connectivity index is 1.14. The van der Waals surface area contributed by atoms with Crippen molar-refractivity contribution >= 4 is 21.9 Å². The van der Waals surface area contributed by atoms with Crippen LogP contribution in [0.25, 0.3) is 89.2 Å². The monoisotopic (exact) mass is 627 g/mol. The molecule has 0 saturated heterocycles. The first-order valence-corrected chi connectivity index (χ1v) is 16.3. The van der Waals surface area contributed by atoms with E-state index < -0.39 is 0 Å². The van der Waals surface area contributed by atoms with E-state index in [9.17, 15) is 0 Å². The number of pyridine rings is 1. The number of benzene rings is 6. The molecule has 0 fully saturated rings. The minimum Gasteiger partial charge on any atom is -0.456 e. The van der Waals surface area contributed by atoms with Crippen molar-refractivity contribution in [2.45, 2.75) is 0 Å². The maximum absolute atomic E-state index is 6.06. The lowest BCUT2D eigenvalue weighted by Crippen LogP contribution is -1.96. The number of fused-ring (bicyclic) bond motifs is 3. The van der Waals surface area contributed by atoms with Crippen LogP contribution >= 0.6 is 0 Å². The number of hydrogen-bond acceptors (Lipinski definition) is 4. The lowest BCUT2D eigenvalue weighted by Gasteiger charge is -2.12. The number of nitrogens with zero attached hydrogens (tertiary/aromatic N) is 3. The average Bonchev–Trinajstić information content (AvgIpc) is 3.57. The van der Waals surface area contributed by atoms with Gasteiger partial charge in [0.1, 0.15) is 11.2 Å². The summed E-state index contributed by atoms with van der Waals surface area (Å²) in [5.41, 5.74) is 13.2. The first-order chi connectivity index (χ1) is 24.2. The highest BCUT2D eigenvalue weighted by atomic mass is 16.3. The van der Waals surface area contributed by atoms with Gasteiger partial charge >= 0.3 is 0 Å². The summed E-state index contributed by atoms with van der Waals surface area (Å²) in [5.74, 6) is 0.671. The lowest BCUT2D eigenvalue weighted by molar-refractivity contribution is 0.669. The van der Waals surface area contributed by atoms with Crippen molar-refractivity contribution in [3.8, 4) is 67.3 Å². The molecule has 230 valence electrons. The third-order valence-electron chi connectivity index (χ3n) is 9.00. The van der Waals surface area contributed by atoms with Gasteiger partial charge < -0.3 is 4.42 Å². The Bertz CT molecular complexity index is 2490. The summed E-state index contributed by atoms with van der Waals surface area (Å²) in [6, 6.07) is 56.7. The van der Waals surface area contributed by atoms with Crippen molar-refractivity contribution in [1.29, 1.82) is 0 Å². The molecule has 4 heteroatoms. The van der Waals surface area contributed by atoms with E-state index in [1.165, 1.54) is 5.56 Å². The maximum atomic E-state index is 6.06. The Morgan fingerprint density at radius 2 is 0.918 bits per heavy atom. The van der Waals surface area contributed by atoms with Gasteiger partial charge in [-0.15, -0.1) is 0 Å². The summed E-state index contributed by atoms with van der Waals surface area (Å²) >= 11 is 0. The van der Waals surface area contributed by atoms with E-state index in [1.807, 2.05) is 30.5 Å². The summed E-state index contributed by atoms with van der Waals surface area (Å²) in [5, 5.41) is 2.24. The SMILES string of the molecule is c1ccc(-c2cccc(-c3cc(-c4ccc(-c5ccc6oc7ccccc7c6c5)cc4)nc(-c4cccc(-c5cccnc5)c4)n3)c2)cc1. The van der Waals surface area contributed by atoms with Crippen LogP contribution in [0.15, 0.2) is 181 Å². The third-order valence-corrected chi connectivity index (χ3v) is 9.00. The Labute approximate surface area is 284 Å². The molecule has 0 atom stereocenters. The van der Waals surface area contributed by atoms with Gasteiger partial charge in [-0.05, 0) is 70.3 Å². The van der Waals surface area contributed by atoms with Crippen molar-refractivity contribution in [1.82, 2.24) is 15.0 Å². The fourth-order valence-electron chi connectivity index (χ4n) is 6.47. The Morgan fingerprint density at radius 3 is 1.73 bits per heavy atom. The molecule has 9 aromatic rings. The number of rotatable bonds is 6. The van der Waals surface area contributed by atoms with E-state index in [0.29, 0.717) is 5.82 Å². The van der Waals surface area contributed by atoms with E-state index in [1.54, 1.807) is 6.20 Å². The molecule has 0 bridgehead atoms. The third kappa shape index (κ3) is 5.56. The smallest absolute Gasteiger partial charge is 0.160 e. The molecule has 4 nitrogen and oxygen atoms in total. The minimum absolute atomic E-state index is 0.671. The van der Waals surface area contributed by atoms with Crippen LogP contribution in [0.2, 0.25) is 0 Å². The summed E-state index contributed by atoms with van der Waals surface area (Å²) in [4.78, 5) is 14.6. The van der Waals surface area contributed by atoms with E-state index >= 15 is 0 Å². The van der Waals surface area contributed by atoms with Crippen molar-refractivity contribution in [3.05, 3.63) is 176 Å². The molecule has 0 aliphatic heterocycles. The van der Waals surface area contributed by atoms with Gasteiger partial charge in [-0.1, -0.05) is 121 Å². The summed E-state index contributed by atoms with van der Waals surface area (Å²) in [6.45, 7) is 0. The second-order valence-corrected chi connectivity index (χ2v) is 12.1. The quantitative estimate of drug-likeness (QED) is 0.184. The van der Waals surface area contributed by atoms with Crippen LogP contribution in [0.3, 0.4) is 0 Å². The van der Waals surface area contributed by atoms with Gasteiger partial charge in [0.2, 0.25) is 0 Å². The Morgan fingerprint density at radius 1 is 0.347 bits per heavy atom. The van der Waals surface area contributed by atoms with Gasteiger partial charge in [0.05, 0.1) is 11.4 Å². The molecule has 0 amide bonds. The lowest BCUT2D eigenvalue weighted by atomic mass is 9.99. The highest BCUT2D eigenvalue weighted by Gasteiger charge is 2.14. The number of aromatic nitrogens is 3. The maximum Gasteiger partial charge on any atom is 0.160 e. The predicted octanol–water partition coefficient (Wildman–Crippen LogP) is 11.8. The normalized spacial score (nSPS) is 11.3. The minimum atomic E-state index is 0.671. The molecule has 0 saturated carbocycles. The Hall–Kier alpha value is -6.65. The molecule has 0 aliphatic rings. The molecule has 3 aromatic heterocycles. The van der Waals surface area contributed by atoms with Gasteiger partial charge in [-0.3, -0.25) is 4.98 Å². The van der Waals surface area contributed by atoms with Crippen molar-refractivity contribution in [2.24, 2.45) is 0 Å². The van der Waals surface area contributed by atoms with E-state index in [4.69, 9.17) is 14.4 Å². The second-order valence-electron chi connectivity index (χ2n) is 12.1. The summed E-state index contributed by atoms with van der Waals surface area (Å²) in [6.07, 6.45) is 3.67. The molecule has 0 spiro atoms. The van der Waals surface area contributed by atoms with Crippen molar-refractivity contribution in [3.63, 3.8) is 0 Å². The van der Waals surface area contributed by atoms with E-state index in [0.717, 1.165) is 77.8 Å². The van der Waals surface area contributed by atoms with Crippen LogP contribution in [0.4, 0.5) is 0 Å². The predicted molar refractivity (Wildman–Crippen MR) is 200 cm³/mol. The van der Waals surface area contributed by atoms with E-state index in [-0.39, 0.29) is 0 Å². The topological polar surface area (TPSA) is 51.8 Å². The average molecular weight is 628 g/mol. The second kappa shape index (κ2) is 12.2. The molecule has 0 aliphatic carbocycles. The van der Waals surface area contributed by atoms with Gasteiger partial charge in [0, 0.05) is 45.4 Å². The van der Waals surface area contributed by atoms with Gasteiger partial charge in [0.25, 0.3) is 0 Å². The van der Waals surface area contributed by atoms with Crippen LogP contribution in [-0.2, 0) is 0 Å². The largest absolute Gasteiger partial charge is 0.456 e. The Kier molecular flexibility index (Phi) is 7.10. The zero-order valence-corrected chi connectivity index (χ0v) is 26.5. The standard InChI is InChI=1S/C45H29N3O/c1-2-9-30(10-3-1)33-11-6-13-36(25-33)42-28-41(47-45(48-42)37-14-7-12-34(26-37)38-15-8-24-46-29-38)32-20-18-31(19-21-32)35-22-23-44-40(27-35)39-16-4-5-17-43(39)49-44/h1-29H. The molecule has 0 unspecified atom stereocenters. The molecular formula is C45H29N3O. The summed E-state index contributed by atoms with van der Waals surface area (Å²) in [7, 11) is 0. The number of hydrogen-bond donors (Lipinski definition) is 0. The number of para-hydroxylation sites is 1. The highest BCUT2D eigenvalue weighted by Crippen LogP contribution is 2.35. The first kappa shape index (κ1) is 28.6. The van der Waals surface area contributed by atoms with Crippen LogP contribution in [0.1, 0.15) is 0 Å².